The molecule has 220 valence electrons. The lowest BCUT2D eigenvalue weighted by Gasteiger charge is -2.35. The minimum absolute atomic E-state index is 0.151. The Kier molecular flexibility index (Phi) is 12.1. The van der Waals surface area contributed by atoms with Gasteiger partial charge in [0.2, 0.25) is 17.7 Å². The third-order valence-electron chi connectivity index (χ3n) is 6.76. The Morgan fingerprint density at radius 1 is 1.15 bits per heavy atom. The van der Waals surface area contributed by atoms with Crippen LogP contribution >= 0.6 is 11.3 Å². The molecule has 2 aromatic rings. The van der Waals surface area contributed by atoms with Crippen LogP contribution in [0.2, 0.25) is 0 Å². The Morgan fingerprint density at radius 2 is 1.88 bits per heavy atom. The highest BCUT2D eigenvalue weighted by Crippen LogP contribution is 2.28. The maximum Gasteiger partial charge on any atom is 0.246 e. The third kappa shape index (κ3) is 9.09. The summed E-state index contributed by atoms with van der Waals surface area (Å²) < 4.78 is 10.7. The first-order chi connectivity index (χ1) is 19.1. The molecule has 0 bridgehead atoms. The van der Waals surface area contributed by atoms with E-state index in [0.717, 1.165) is 28.1 Å². The van der Waals surface area contributed by atoms with Crippen LogP contribution in [0.1, 0.15) is 51.3 Å². The van der Waals surface area contributed by atoms with E-state index >= 15 is 0 Å². The zero-order valence-corrected chi connectivity index (χ0v) is 24.9. The molecule has 0 saturated carbocycles. The molecule has 3 amide bonds. The van der Waals surface area contributed by atoms with Gasteiger partial charge < -0.3 is 30.7 Å². The first kappa shape index (κ1) is 31.7. The summed E-state index contributed by atoms with van der Waals surface area (Å²) in [5.74, 6) is -0.807. The van der Waals surface area contributed by atoms with Gasteiger partial charge in [0.15, 0.2) is 0 Å². The summed E-state index contributed by atoms with van der Waals surface area (Å²) in [6.07, 6.45) is 1.96. The Labute approximate surface area is 241 Å². The quantitative estimate of drug-likeness (QED) is 0.296. The van der Waals surface area contributed by atoms with E-state index in [2.05, 4.69) is 15.6 Å². The van der Waals surface area contributed by atoms with Crippen molar-refractivity contribution in [2.24, 2.45) is 11.1 Å². The molecule has 3 rings (SSSR count). The molecule has 4 N–H and O–H groups in total. The predicted octanol–water partition coefficient (Wildman–Crippen LogP) is 2.64. The second-order valence-electron chi connectivity index (χ2n) is 11.0. The molecule has 1 fully saturated rings. The van der Waals surface area contributed by atoms with Gasteiger partial charge in [-0.05, 0) is 42.7 Å². The van der Waals surface area contributed by atoms with E-state index < -0.39 is 17.5 Å². The maximum atomic E-state index is 13.6. The van der Waals surface area contributed by atoms with Crippen LogP contribution in [0.5, 0.6) is 0 Å². The number of hydrogen-bond acceptors (Lipinski definition) is 8. The average molecular weight is 574 g/mol. The van der Waals surface area contributed by atoms with Crippen molar-refractivity contribution < 1.29 is 23.9 Å². The monoisotopic (exact) mass is 573 g/mol. The number of thiazole rings is 1. The van der Waals surface area contributed by atoms with E-state index in [4.69, 9.17) is 15.2 Å². The summed E-state index contributed by atoms with van der Waals surface area (Å²) in [5.41, 5.74) is 9.73. The molecule has 11 heteroatoms. The SMILES string of the molecule is Cc1ncsc1-c1ccc(CNC(=O)C2CCCN2C(=O)C(NC(=O)COCCCOCCN)C(C)(C)C)cc1. The molecule has 2 unspecified atom stereocenters. The zero-order chi connectivity index (χ0) is 29.1. The molecule has 0 spiro atoms. The van der Waals surface area contributed by atoms with Gasteiger partial charge in [-0.3, -0.25) is 14.4 Å². The first-order valence-corrected chi connectivity index (χ1v) is 14.7. The van der Waals surface area contributed by atoms with Crippen LogP contribution in [-0.4, -0.2) is 79.2 Å². The molecule has 0 radical (unpaired) electrons. The van der Waals surface area contributed by atoms with Crippen molar-refractivity contribution in [2.75, 3.05) is 39.5 Å². The van der Waals surface area contributed by atoms with Crippen LogP contribution in [0.25, 0.3) is 10.4 Å². The van der Waals surface area contributed by atoms with Crippen molar-refractivity contribution in [2.45, 2.75) is 65.6 Å². The van der Waals surface area contributed by atoms with Gasteiger partial charge in [-0.25, -0.2) is 4.98 Å². The number of hydrogen-bond donors (Lipinski definition) is 3. The molecule has 0 aliphatic carbocycles. The highest BCUT2D eigenvalue weighted by molar-refractivity contribution is 7.13. The van der Waals surface area contributed by atoms with Gasteiger partial charge in [-0.15, -0.1) is 11.3 Å². The second-order valence-corrected chi connectivity index (χ2v) is 11.9. The normalized spacial score (nSPS) is 16.1. The van der Waals surface area contributed by atoms with Crippen molar-refractivity contribution in [1.29, 1.82) is 0 Å². The lowest BCUT2D eigenvalue weighted by molar-refractivity contribution is -0.144. The van der Waals surface area contributed by atoms with E-state index in [1.807, 2.05) is 57.5 Å². The summed E-state index contributed by atoms with van der Waals surface area (Å²) in [5, 5.41) is 5.84. The number of aromatic nitrogens is 1. The number of nitrogens with two attached hydrogens (primary N) is 1. The van der Waals surface area contributed by atoms with E-state index in [1.165, 1.54) is 0 Å². The third-order valence-corrected chi connectivity index (χ3v) is 7.74. The predicted molar refractivity (Wildman–Crippen MR) is 156 cm³/mol. The van der Waals surface area contributed by atoms with Crippen molar-refractivity contribution in [3.63, 3.8) is 0 Å². The summed E-state index contributed by atoms with van der Waals surface area (Å²) in [4.78, 5) is 46.4. The summed E-state index contributed by atoms with van der Waals surface area (Å²) in [6.45, 7) is 10.2. The van der Waals surface area contributed by atoms with Crippen molar-refractivity contribution in [3.8, 4) is 10.4 Å². The first-order valence-electron chi connectivity index (χ1n) is 13.8. The summed E-state index contributed by atoms with van der Waals surface area (Å²) in [7, 11) is 0. The average Bonchev–Trinajstić information content (AvgIpc) is 3.58. The van der Waals surface area contributed by atoms with Crippen LogP contribution in [0, 0.1) is 12.3 Å². The Hall–Kier alpha value is -2.86. The molecule has 1 aliphatic rings. The lowest BCUT2D eigenvalue weighted by atomic mass is 9.85. The number of ether oxygens (including phenoxy) is 2. The highest BCUT2D eigenvalue weighted by atomic mass is 32.1. The summed E-state index contributed by atoms with van der Waals surface area (Å²) >= 11 is 1.60. The fourth-order valence-corrected chi connectivity index (χ4v) is 5.41. The number of aryl methyl sites for hydroxylation is 1. The lowest BCUT2D eigenvalue weighted by Crippen LogP contribution is -2.58. The minimum atomic E-state index is -0.785. The van der Waals surface area contributed by atoms with E-state index in [9.17, 15) is 14.4 Å². The standard InChI is InChI=1S/C29H43N5O5S/c1-20-25(40-19-32-20)22-10-8-21(9-11-22)17-31-27(36)23-7-5-13-34(23)28(37)26(29(2,3)4)33-24(35)18-39-15-6-14-38-16-12-30/h8-11,19,23,26H,5-7,12-18,30H2,1-4H3,(H,31,36)(H,33,35). The van der Waals surface area contributed by atoms with Crippen LogP contribution in [0.3, 0.4) is 0 Å². The van der Waals surface area contributed by atoms with E-state index in [1.54, 1.807) is 16.2 Å². The van der Waals surface area contributed by atoms with Crippen molar-refractivity contribution >= 4 is 29.1 Å². The van der Waals surface area contributed by atoms with Crippen molar-refractivity contribution in [3.05, 3.63) is 41.0 Å². The fourth-order valence-electron chi connectivity index (χ4n) is 4.59. The van der Waals surface area contributed by atoms with Gasteiger partial charge in [0.1, 0.15) is 18.7 Å². The molecule has 1 aromatic heterocycles. The molecule has 1 aromatic carbocycles. The van der Waals surface area contributed by atoms with Crippen LogP contribution in [0.4, 0.5) is 0 Å². The fraction of sp³-hybridized carbons (Fsp3) is 0.586. The Balaban J connectivity index is 1.53. The van der Waals surface area contributed by atoms with Gasteiger partial charge in [-0.2, -0.15) is 0 Å². The smallest absolute Gasteiger partial charge is 0.246 e. The van der Waals surface area contributed by atoms with Crippen LogP contribution < -0.4 is 16.4 Å². The van der Waals surface area contributed by atoms with Gasteiger partial charge >= 0.3 is 0 Å². The number of nitrogens with one attached hydrogen (secondary N) is 2. The zero-order valence-electron chi connectivity index (χ0n) is 24.0. The van der Waals surface area contributed by atoms with Gasteiger partial charge in [0.05, 0.1) is 22.7 Å². The van der Waals surface area contributed by atoms with Gasteiger partial charge in [0.25, 0.3) is 0 Å². The molecule has 2 heterocycles. The van der Waals surface area contributed by atoms with Crippen molar-refractivity contribution in [1.82, 2.24) is 20.5 Å². The second kappa shape index (κ2) is 15.2. The Morgan fingerprint density at radius 3 is 2.52 bits per heavy atom. The van der Waals surface area contributed by atoms with Gasteiger partial charge in [0, 0.05) is 32.8 Å². The van der Waals surface area contributed by atoms with Crippen LogP contribution in [0.15, 0.2) is 29.8 Å². The molecular formula is C29H43N5O5S. The van der Waals surface area contributed by atoms with Crippen LogP contribution in [-0.2, 0) is 30.4 Å². The van der Waals surface area contributed by atoms with E-state index in [0.29, 0.717) is 52.3 Å². The van der Waals surface area contributed by atoms with Gasteiger partial charge in [-0.1, -0.05) is 45.0 Å². The molecule has 1 aliphatic heterocycles. The molecule has 10 nitrogen and oxygen atoms in total. The largest absolute Gasteiger partial charge is 0.380 e. The number of benzene rings is 1. The topological polar surface area (TPSA) is 136 Å². The maximum absolute atomic E-state index is 13.6. The molecule has 2 atom stereocenters. The number of carbonyl (C=O) groups excluding carboxylic acids is 3. The molecule has 1 saturated heterocycles. The number of likely N-dealkylation sites (tertiary alicyclic amines) is 1. The van der Waals surface area contributed by atoms with E-state index in [-0.39, 0.29) is 24.3 Å². The number of carbonyl (C=O) groups is 3. The highest BCUT2D eigenvalue weighted by Gasteiger charge is 2.41. The molecule has 40 heavy (non-hydrogen) atoms. The number of amides is 3. The number of nitrogens with zero attached hydrogens (tertiary/aromatic N) is 2. The molecular weight excluding hydrogens is 530 g/mol. The summed E-state index contributed by atoms with van der Waals surface area (Å²) in [6, 6.07) is 6.69. The minimum Gasteiger partial charge on any atom is -0.380 e. The Bertz CT molecular complexity index is 1110. The number of rotatable bonds is 14.